The van der Waals surface area contributed by atoms with Gasteiger partial charge in [0.2, 0.25) is 0 Å². The molecule has 1 fully saturated rings. The molecule has 1 heterocycles. The zero-order valence-electron chi connectivity index (χ0n) is 9.96. The zero-order valence-corrected chi connectivity index (χ0v) is 11.7. The average molecular weight is 299 g/mol. The Bertz CT molecular complexity index is 242. The maximum atomic E-state index is 10.0. The van der Waals surface area contributed by atoms with Crippen molar-refractivity contribution in [2.45, 2.75) is 30.6 Å². The summed E-state index contributed by atoms with van der Waals surface area (Å²) in [4.78, 5) is 1.77. The van der Waals surface area contributed by atoms with Gasteiger partial charge in [0.15, 0.2) is 6.29 Å². The third-order valence-electron chi connectivity index (χ3n) is 3.06. The van der Waals surface area contributed by atoms with Crippen LogP contribution >= 0.6 is 25.3 Å². The van der Waals surface area contributed by atoms with Crippen LogP contribution in [-0.2, 0) is 4.74 Å². The highest BCUT2D eigenvalue weighted by molar-refractivity contribution is 7.80. The fourth-order valence-electron chi connectivity index (χ4n) is 2.14. The monoisotopic (exact) mass is 299 g/mol. The number of aliphatic hydroxyl groups is 4. The Morgan fingerprint density at radius 1 is 1.00 bits per heavy atom. The van der Waals surface area contributed by atoms with Gasteiger partial charge in [-0.15, -0.1) is 0 Å². The number of aliphatic hydroxyl groups excluding tert-OH is 4. The number of hydrogen-bond donors (Lipinski definition) is 6. The maximum absolute atomic E-state index is 10.0. The minimum atomic E-state index is -1.26. The lowest BCUT2D eigenvalue weighted by atomic mass is 9.96. The molecule has 0 aliphatic carbocycles. The summed E-state index contributed by atoms with van der Waals surface area (Å²) < 4.78 is 5.11. The van der Waals surface area contributed by atoms with Crippen molar-refractivity contribution < 1.29 is 25.2 Å². The lowest BCUT2D eigenvalue weighted by Gasteiger charge is -2.45. The van der Waals surface area contributed by atoms with Gasteiger partial charge in [-0.25, -0.2) is 0 Å². The Balaban J connectivity index is 2.78. The summed E-state index contributed by atoms with van der Waals surface area (Å²) in [6.45, 7) is 0.603. The Kier molecular flexibility index (Phi) is 7.25. The molecule has 1 rings (SSSR count). The predicted molar refractivity (Wildman–Crippen MR) is 73.0 cm³/mol. The van der Waals surface area contributed by atoms with Crippen LogP contribution in [0.25, 0.3) is 0 Å². The van der Waals surface area contributed by atoms with Gasteiger partial charge in [0.1, 0.15) is 18.3 Å². The molecule has 0 bridgehead atoms. The maximum Gasteiger partial charge on any atom is 0.173 e. The van der Waals surface area contributed by atoms with Crippen molar-refractivity contribution >= 4 is 25.3 Å². The lowest BCUT2D eigenvalue weighted by molar-refractivity contribution is -0.271. The van der Waals surface area contributed by atoms with Crippen LogP contribution in [0.2, 0.25) is 0 Å². The highest BCUT2D eigenvalue weighted by Gasteiger charge is 2.45. The summed E-state index contributed by atoms with van der Waals surface area (Å²) in [6.07, 6.45) is -4.66. The Hall–Kier alpha value is 0.460. The van der Waals surface area contributed by atoms with Gasteiger partial charge in [-0.1, -0.05) is 0 Å². The van der Waals surface area contributed by atoms with Crippen molar-refractivity contribution in [3.8, 4) is 0 Å². The SMILES string of the molecule is OCC1OC(O)C(N(CCS)CCS)C(O)C1O. The van der Waals surface area contributed by atoms with Crippen LogP contribution < -0.4 is 0 Å². The van der Waals surface area contributed by atoms with Crippen molar-refractivity contribution in [3.63, 3.8) is 0 Å². The van der Waals surface area contributed by atoms with Gasteiger partial charge in [-0.3, -0.25) is 4.90 Å². The topological polar surface area (TPSA) is 93.4 Å². The van der Waals surface area contributed by atoms with Crippen LogP contribution in [0.4, 0.5) is 0 Å². The zero-order chi connectivity index (χ0) is 13.7. The molecule has 8 heteroatoms. The average Bonchev–Trinajstić information content (AvgIpc) is 2.34. The summed E-state index contributed by atoms with van der Waals surface area (Å²) in [7, 11) is 0. The highest BCUT2D eigenvalue weighted by Crippen LogP contribution is 2.24. The first-order chi connectivity index (χ1) is 8.56. The molecule has 1 aliphatic rings. The number of hydrogen-bond acceptors (Lipinski definition) is 8. The molecule has 4 N–H and O–H groups in total. The van der Waals surface area contributed by atoms with Crippen LogP contribution in [0.3, 0.4) is 0 Å². The normalized spacial score (nSPS) is 37.2. The molecule has 5 atom stereocenters. The third kappa shape index (κ3) is 3.73. The van der Waals surface area contributed by atoms with Gasteiger partial charge in [0.05, 0.1) is 12.6 Å². The standard InChI is InChI=1S/C10H21NO5S2/c12-5-6-8(13)9(14)7(10(15)16-6)11(1-3-17)2-4-18/h6-10,12-15,17-18H,1-5H2. The van der Waals surface area contributed by atoms with E-state index in [0.717, 1.165) is 0 Å². The summed E-state index contributed by atoms with van der Waals surface area (Å²) in [5.41, 5.74) is 0. The van der Waals surface area contributed by atoms with Crippen molar-refractivity contribution in [1.82, 2.24) is 4.90 Å². The first-order valence-electron chi connectivity index (χ1n) is 5.83. The molecule has 0 aromatic rings. The van der Waals surface area contributed by atoms with Crippen molar-refractivity contribution in [2.75, 3.05) is 31.2 Å². The minimum absolute atomic E-state index is 0.457. The van der Waals surface area contributed by atoms with Gasteiger partial charge in [0.25, 0.3) is 0 Å². The molecule has 0 aromatic carbocycles. The van der Waals surface area contributed by atoms with Gasteiger partial charge >= 0.3 is 0 Å². The highest BCUT2D eigenvalue weighted by atomic mass is 32.1. The number of thiol groups is 2. The predicted octanol–water partition coefficient (Wildman–Crippen LogP) is -2.05. The molecule has 18 heavy (non-hydrogen) atoms. The fraction of sp³-hybridized carbons (Fsp3) is 1.00. The molecular formula is C10H21NO5S2. The van der Waals surface area contributed by atoms with E-state index in [1.807, 2.05) is 0 Å². The second-order valence-electron chi connectivity index (χ2n) is 4.20. The van der Waals surface area contributed by atoms with Gasteiger partial charge in [-0.05, 0) is 0 Å². The van der Waals surface area contributed by atoms with Gasteiger partial charge in [-0.2, -0.15) is 25.3 Å². The fourth-order valence-corrected chi connectivity index (χ4v) is 2.66. The first kappa shape index (κ1) is 16.5. The first-order valence-corrected chi connectivity index (χ1v) is 7.09. The quantitative estimate of drug-likeness (QED) is 0.316. The van der Waals surface area contributed by atoms with Crippen molar-refractivity contribution in [1.29, 1.82) is 0 Å². The Labute approximate surface area is 117 Å². The van der Waals surface area contributed by atoms with E-state index in [0.29, 0.717) is 24.6 Å². The van der Waals surface area contributed by atoms with Crippen molar-refractivity contribution in [3.05, 3.63) is 0 Å². The van der Waals surface area contributed by atoms with Gasteiger partial charge in [0, 0.05) is 24.6 Å². The summed E-state index contributed by atoms with van der Waals surface area (Å²) in [6, 6.07) is -0.748. The molecule has 0 saturated carbocycles. The number of rotatable bonds is 6. The number of ether oxygens (including phenoxy) is 1. The van der Waals surface area contributed by atoms with E-state index in [1.165, 1.54) is 0 Å². The number of nitrogens with zero attached hydrogens (tertiary/aromatic N) is 1. The van der Waals surface area contributed by atoms with Crippen LogP contribution in [0.15, 0.2) is 0 Å². The second-order valence-corrected chi connectivity index (χ2v) is 5.10. The summed E-state index contributed by atoms with van der Waals surface area (Å²) >= 11 is 8.23. The Morgan fingerprint density at radius 3 is 2.00 bits per heavy atom. The molecule has 0 aromatic heterocycles. The molecule has 0 spiro atoms. The lowest BCUT2D eigenvalue weighted by Crippen LogP contribution is -2.64. The van der Waals surface area contributed by atoms with Crippen LogP contribution in [0.5, 0.6) is 0 Å². The molecular weight excluding hydrogens is 278 g/mol. The van der Waals surface area contributed by atoms with E-state index < -0.39 is 37.3 Å². The molecule has 0 amide bonds. The summed E-state index contributed by atoms with van der Waals surface area (Å²) in [5.74, 6) is 1.09. The second kappa shape index (κ2) is 7.91. The molecule has 6 nitrogen and oxygen atoms in total. The summed E-state index contributed by atoms with van der Waals surface area (Å²) in [5, 5.41) is 38.7. The smallest absolute Gasteiger partial charge is 0.173 e. The molecule has 5 unspecified atom stereocenters. The van der Waals surface area contributed by atoms with Crippen LogP contribution in [-0.4, -0.2) is 87.2 Å². The van der Waals surface area contributed by atoms with Gasteiger partial charge < -0.3 is 25.2 Å². The van der Waals surface area contributed by atoms with E-state index in [-0.39, 0.29) is 0 Å². The van der Waals surface area contributed by atoms with E-state index in [2.05, 4.69) is 25.3 Å². The van der Waals surface area contributed by atoms with E-state index in [4.69, 9.17) is 9.84 Å². The minimum Gasteiger partial charge on any atom is -0.394 e. The van der Waals surface area contributed by atoms with Crippen LogP contribution in [0.1, 0.15) is 0 Å². The third-order valence-corrected chi connectivity index (χ3v) is 3.46. The molecule has 0 radical (unpaired) electrons. The molecule has 108 valence electrons. The Morgan fingerprint density at radius 2 is 1.56 bits per heavy atom. The largest absolute Gasteiger partial charge is 0.394 e. The molecule has 1 saturated heterocycles. The van der Waals surface area contributed by atoms with Crippen LogP contribution in [0, 0.1) is 0 Å². The van der Waals surface area contributed by atoms with E-state index >= 15 is 0 Å². The van der Waals surface area contributed by atoms with E-state index in [9.17, 15) is 15.3 Å². The molecule has 1 aliphatic heterocycles. The van der Waals surface area contributed by atoms with Crippen molar-refractivity contribution in [2.24, 2.45) is 0 Å². The van der Waals surface area contributed by atoms with E-state index in [1.54, 1.807) is 4.90 Å².